The number of aliphatic imine (C=N–C) groups is 1. The Hall–Kier alpha value is -2.33. The van der Waals surface area contributed by atoms with E-state index in [4.69, 9.17) is 4.74 Å². The zero-order valence-corrected chi connectivity index (χ0v) is 18.0. The van der Waals surface area contributed by atoms with Gasteiger partial charge >= 0.3 is 136 Å². The summed E-state index contributed by atoms with van der Waals surface area (Å²) in [4.78, 5) is 6.01. The average Bonchev–Trinajstić information content (AvgIpc) is 2.75. The molecule has 2 aliphatic heterocycles. The Kier molecular flexibility index (Phi) is 7.70. The van der Waals surface area contributed by atoms with Crippen LogP contribution in [0.5, 0.6) is 0 Å². The van der Waals surface area contributed by atoms with E-state index in [0.717, 1.165) is 18.8 Å². The Morgan fingerprint density at radius 1 is 1.14 bits per heavy atom. The van der Waals surface area contributed by atoms with Crippen molar-refractivity contribution in [3.63, 3.8) is 0 Å². The first kappa shape index (κ1) is 21.4. The third-order valence-corrected chi connectivity index (χ3v) is 5.49. The first-order valence-electron chi connectivity index (χ1n) is 9.53. The molecular formula is C23H23FN3OSe. The second-order valence-electron chi connectivity index (χ2n) is 6.96. The van der Waals surface area contributed by atoms with E-state index in [-0.39, 0.29) is 11.7 Å². The van der Waals surface area contributed by atoms with Crippen molar-refractivity contribution in [1.29, 1.82) is 0 Å². The number of allylic oxidation sites excluding steroid dienone is 2. The maximum absolute atomic E-state index is 13.4. The third-order valence-electron chi connectivity index (χ3n) is 4.83. The average molecular weight is 455 g/mol. The molecule has 0 spiro atoms. The summed E-state index contributed by atoms with van der Waals surface area (Å²) in [6, 6.07) is 16.1. The first-order valence-corrected chi connectivity index (χ1v) is 10.4. The van der Waals surface area contributed by atoms with Crippen molar-refractivity contribution in [3.8, 4) is 0 Å². The van der Waals surface area contributed by atoms with Gasteiger partial charge in [0.05, 0.1) is 20.3 Å². The fourth-order valence-electron chi connectivity index (χ4n) is 3.15. The monoisotopic (exact) mass is 456 g/mol. The maximum atomic E-state index is 13.4. The number of halogens is 1. The van der Waals surface area contributed by atoms with Crippen molar-refractivity contribution in [3.05, 3.63) is 88.6 Å². The molecule has 1 N–H and O–H groups in total. The molecule has 1 unspecified atom stereocenters. The second kappa shape index (κ2) is 10.4. The van der Waals surface area contributed by atoms with Crippen LogP contribution in [0, 0.1) is 5.82 Å². The third kappa shape index (κ3) is 5.83. The summed E-state index contributed by atoms with van der Waals surface area (Å²) in [6.45, 7) is 4.26. The van der Waals surface area contributed by atoms with Crippen molar-refractivity contribution in [2.75, 3.05) is 33.4 Å². The summed E-state index contributed by atoms with van der Waals surface area (Å²) in [5, 5.41) is 9.42. The van der Waals surface area contributed by atoms with Gasteiger partial charge in [0.2, 0.25) is 0 Å². The van der Waals surface area contributed by atoms with Gasteiger partial charge in [0, 0.05) is 0 Å². The summed E-state index contributed by atoms with van der Waals surface area (Å²) < 4.78 is 19.1. The number of benzene rings is 2. The molecule has 0 aromatic heterocycles. The van der Waals surface area contributed by atoms with Gasteiger partial charge in [-0.3, -0.25) is 0 Å². The fraction of sp³-hybridized carbons (Fsp3) is 0.261. The number of hydrogen-bond acceptors (Lipinski definition) is 2. The molecule has 6 heteroatoms. The SMILES string of the molecule is C[NH+]1CCOCC1.[N-]=C=C1C([Se])=NC(c2cccc(F)c2)=CC1c1ccccc1. The van der Waals surface area contributed by atoms with E-state index < -0.39 is 0 Å². The molecule has 2 aliphatic rings. The number of nitrogens with zero attached hydrogens (tertiary/aromatic N) is 2. The molecule has 2 aromatic carbocycles. The molecule has 4 nitrogen and oxygen atoms in total. The number of nitrogens with one attached hydrogen (secondary N) is 1. The topological polar surface area (TPSA) is 48.3 Å². The van der Waals surface area contributed by atoms with Crippen LogP contribution in [0.25, 0.3) is 11.1 Å². The van der Waals surface area contributed by atoms with Crippen molar-refractivity contribution >= 4 is 32.2 Å². The van der Waals surface area contributed by atoms with Crippen LogP contribution >= 0.6 is 0 Å². The van der Waals surface area contributed by atoms with Gasteiger partial charge in [-0.2, -0.15) is 0 Å². The molecule has 0 aliphatic carbocycles. The van der Waals surface area contributed by atoms with Gasteiger partial charge in [0.25, 0.3) is 0 Å². The van der Waals surface area contributed by atoms with Gasteiger partial charge in [0.1, 0.15) is 13.1 Å². The molecule has 2 aromatic rings. The zero-order valence-electron chi connectivity index (χ0n) is 16.3. The van der Waals surface area contributed by atoms with Crippen LogP contribution in [-0.4, -0.2) is 59.8 Å². The van der Waals surface area contributed by atoms with Gasteiger partial charge in [-0.25, -0.2) is 0 Å². The van der Waals surface area contributed by atoms with E-state index in [2.05, 4.69) is 33.9 Å². The van der Waals surface area contributed by atoms with Crippen LogP contribution in [0.1, 0.15) is 17.0 Å². The molecule has 0 bridgehead atoms. The van der Waals surface area contributed by atoms with Crippen molar-refractivity contribution < 1.29 is 14.0 Å². The van der Waals surface area contributed by atoms with E-state index >= 15 is 0 Å². The Morgan fingerprint density at radius 2 is 1.86 bits per heavy atom. The van der Waals surface area contributed by atoms with Crippen LogP contribution in [0.4, 0.5) is 4.39 Å². The molecule has 1 radical (unpaired) electrons. The Balaban J connectivity index is 0.000000290. The summed E-state index contributed by atoms with van der Waals surface area (Å²) in [5.74, 6) is 1.74. The number of ether oxygens (including phenoxy) is 1. The number of quaternary nitrogens is 1. The zero-order chi connectivity index (χ0) is 20.6. The van der Waals surface area contributed by atoms with Crippen LogP contribution in [0.2, 0.25) is 0 Å². The predicted octanol–water partition coefficient (Wildman–Crippen LogP) is 2.23. The van der Waals surface area contributed by atoms with Crippen molar-refractivity contribution in [2.45, 2.75) is 5.92 Å². The normalized spacial score (nSPS) is 19.4. The summed E-state index contributed by atoms with van der Waals surface area (Å²) >= 11 is 2.85. The number of hydrogen-bond donors (Lipinski definition) is 1. The van der Waals surface area contributed by atoms with E-state index in [1.54, 1.807) is 11.0 Å². The molecule has 1 fully saturated rings. The van der Waals surface area contributed by atoms with E-state index in [9.17, 15) is 9.80 Å². The van der Waals surface area contributed by atoms with Crippen LogP contribution < -0.4 is 4.90 Å². The van der Waals surface area contributed by atoms with Gasteiger partial charge in [-0.05, 0) is 0 Å². The van der Waals surface area contributed by atoms with E-state index in [1.165, 1.54) is 25.2 Å². The van der Waals surface area contributed by atoms with Gasteiger partial charge < -0.3 is 9.64 Å². The van der Waals surface area contributed by atoms with Crippen LogP contribution in [0.15, 0.2) is 71.2 Å². The Bertz CT molecular complexity index is 946. The van der Waals surface area contributed by atoms with Crippen molar-refractivity contribution in [1.82, 2.24) is 0 Å². The summed E-state index contributed by atoms with van der Waals surface area (Å²) in [5.41, 5.74) is 2.95. The van der Waals surface area contributed by atoms with Gasteiger partial charge in [-0.15, -0.1) is 0 Å². The molecule has 4 rings (SSSR count). The van der Waals surface area contributed by atoms with Crippen LogP contribution in [0.3, 0.4) is 0 Å². The number of rotatable bonds is 2. The number of morpholine rings is 1. The van der Waals surface area contributed by atoms with Crippen LogP contribution in [-0.2, 0) is 4.74 Å². The molecule has 2 heterocycles. The Morgan fingerprint density at radius 3 is 2.45 bits per heavy atom. The van der Waals surface area contributed by atoms with Crippen molar-refractivity contribution in [2.24, 2.45) is 4.99 Å². The van der Waals surface area contributed by atoms with E-state index in [0.29, 0.717) is 21.4 Å². The summed E-state index contributed by atoms with van der Waals surface area (Å²) in [6.07, 6.45) is 1.91. The fourth-order valence-corrected chi connectivity index (χ4v) is 3.72. The molecule has 29 heavy (non-hydrogen) atoms. The number of likely N-dealkylation sites (N-methyl/N-ethyl adjacent to an activating group) is 1. The molecular weight excluding hydrogens is 432 g/mol. The minimum atomic E-state index is -0.304. The summed E-state index contributed by atoms with van der Waals surface area (Å²) in [7, 11) is 2.20. The molecule has 0 saturated carbocycles. The molecule has 1 saturated heterocycles. The van der Waals surface area contributed by atoms with Gasteiger partial charge in [-0.1, -0.05) is 0 Å². The molecule has 0 amide bonds. The first-order chi connectivity index (χ1) is 14.1. The Labute approximate surface area is 179 Å². The predicted molar refractivity (Wildman–Crippen MR) is 116 cm³/mol. The molecule has 1 atom stereocenters. The molecule has 149 valence electrons. The minimum absolute atomic E-state index is 0.182. The standard InChI is InChI=1S/C18H11FN2Se.C5H11NO/c19-14-8-4-7-13(9-14)17-10-15(12-5-2-1-3-6-12)16(11-20)18(22)21-17;1-6-2-4-7-5-3-6/h1-10,15H;2-5H2,1H3/q-1;/p+1. The second-order valence-corrected chi connectivity index (χ2v) is 7.77. The van der Waals surface area contributed by atoms with E-state index in [1.807, 2.05) is 42.5 Å². The quantitative estimate of drug-likeness (QED) is 0.548. The van der Waals surface area contributed by atoms with Gasteiger partial charge in [0.15, 0.2) is 0 Å².